The third kappa shape index (κ3) is 3.76. The van der Waals surface area contributed by atoms with Crippen molar-refractivity contribution < 1.29 is 23.2 Å². The Morgan fingerprint density at radius 3 is 2.45 bits per heavy atom. The van der Waals surface area contributed by atoms with E-state index in [1.165, 1.54) is 0 Å². The number of halogens is 2. The molecule has 31 heavy (non-hydrogen) atoms. The standard InChI is InChI=1S/C21H19F2N5O3/c1-11(2)12-3-6-14(7-4-12)28-20(30)18-19(21(28)31)27(26-25-18)10-17(29)24-16-8-5-13(22)9-15(16)23/h3-9,11,18-19H,10H2,1-2H3,(H,24,29). The minimum atomic E-state index is -1.05. The molecule has 8 nitrogen and oxygen atoms in total. The third-order valence-corrected chi connectivity index (χ3v) is 5.19. The summed E-state index contributed by atoms with van der Waals surface area (Å²) in [4.78, 5) is 39.1. The van der Waals surface area contributed by atoms with Crippen LogP contribution in [0.3, 0.4) is 0 Å². The van der Waals surface area contributed by atoms with Gasteiger partial charge in [-0.15, -0.1) is 0 Å². The lowest BCUT2D eigenvalue weighted by Gasteiger charge is -2.20. The van der Waals surface area contributed by atoms with Crippen molar-refractivity contribution in [3.63, 3.8) is 0 Å². The fraction of sp³-hybridized carbons (Fsp3) is 0.286. The first kappa shape index (κ1) is 20.6. The van der Waals surface area contributed by atoms with Crippen LogP contribution in [0.5, 0.6) is 0 Å². The molecule has 0 bridgehead atoms. The van der Waals surface area contributed by atoms with E-state index in [1.54, 1.807) is 12.1 Å². The number of hydrogen-bond donors (Lipinski definition) is 1. The minimum Gasteiger partial charge on any atom is -0.322 e. The topological polar surface area (TPSA) is 94.4 Å². The van der Waals surface area contributed by atoms with Crippen molar-refractivity contribution in [2.45, 2.75) is 31.8 Å². The lowest BCUT2D eigenvalue weighted by molar-refractivity contribution is -0.123. The number of fused-ring (bicyclic) bond motifs is 1. The number of nitrogens with zero attached hydrogens (tertiary/aromatic N) is 4. The summed E-state index contributed by atoms with van der Waals surface area (Å²) in [6.45, 7) is 3.64. The van der Waals surface area contributed by atoms with Crippen LogP contribution in [-0.2, 0) is 14.4 Å². The fourth-order valence-electron chi connectivity index (χ4n) is 3.54. The lowest BCUT2D eigenvalue weighted by Crippen LogP contribution is -2.43. The molecule has 2 aliphatic heterocycles. The van der Waals surface area contributed by atoms with Crippen molar-refractivity contribution >= 4 is 29.1 Å². The highest BCUT2D eigenvalue weighted by Gasteiger charge is 2.55. The van der Waals surface area contributed by atoms with Crippen LogP contribution in [0.4, 0.5) is 20.2 Å². The average molecular weight is 427 g/mol. The average Bonchev–Trinajstić information content (AvgIpc) is 3.24. The summed E-state index contributed by atoms with van der Waals surface area (Å²) < 4.78 is 26.8. The second kappa shape index (κ2) is 7.86. The smallest absolute Gasteiger partial charge is 0.263 e. The molecule has 0 radical (unpaired) electrons. The van der Waals surface area contributed by atoms with Crippen LogP contribution in [0.2, 0.25) is 0 Å². The number of carbonyl (C=O) groups excluding carboxylic acids is 3. The molecular weight excluding hydrogens is 408 g/mol. The van der Waals surface area contributed by atoms with Gasteiger partial charge in [0.15, 0.2) is 12.1 Å². The van der Waals surface area contributed by atoms with Gasteiger partial charge in [-0.2, -0.15) is 5.11 Å². The summed E-state index contributed by atoms with van der Waals surface area (Å²) in [6, 6.07) is 7.71. The summed E-state index contributed by atoms with van der Waals surface area (Å²) >= 11 is 0. The Bertz CT molecular complexity index is 1090. The number of benzene rings is 2. The highest BCUT2D eigenvalue weighted by Crippen LogP contribution is 2.32. The van der Waals surface area contributed by atoms with E-state index in [1.807, 2.05) is 26.0 Å². The SMILES string of the molecule is CC(C)c1ccc(N2C(=O)C3N=NN(CC(=O)Nc4ccc(F)cc4F)C3C2=O)cc1. The van der Waals surface area contributed by atoms with Gasteiger partial charge in [-0.1, -0.05) is 31.2 Å². The van der Waals surface area contributed by atoms with Crippen molar-refractivity contribution in [3.8, 4) is 0 Å². The van der Waals surface area contributed by atoms with E-state index < -0.39 is 48.0 Å². The van der Waals surface area contributed by atoms with E-state index >= 15 is 0 Å². The van der Waals surface area contributed by atoms with Crippen molar-refractivity contribution in [1.82, 2.24) is 5.01 Å². The van der Waals surface area contributed by atoms with Crippen molar-refractivity contribution in [2.75, 3.05) is 16.8 Å². The second-order valence-corrected chi connectivity index (χ2v) is 7.62. The Morgan fingerprint density at radius 2 is 1.81 bits per heavy atom. The maximum Gasteiger partial charge on any atom is 0.263 e. The van der Waals surface area contributed by atoms with Gasteiger partial charge in [-0.05, 0) is 35.7 Å². The molecule has 4 rings (SSSR count). The third-order valence-electron chi connectivity index (χ3n) is 5.19. The van der Waals surface area contributed by atoms with Gasteiger partial charge in [-0.3, -0.25) is 19.4 Å². The quantitative estimate of drug-likeness (QED) is 0.743. The van der Waals surface area contributed by atoms with E-state index in [2.05, 4.69) is 15.7 Å². The first-order valence-electron chi connectivity index (χ1n) is 9.66. The summed E-state index contributed by atoms with van der Waals surface area (Å²) in [7, 11) is 0. The maximum atomic E-state index is 13.8. The van der Waals surface area contributed by atoms with Gasteiger partial charge in [0.2, 0.25) is 5.91 Å². The molecule has 3 amide bonds. The van der Waals surface area contributed by atoms with Crippen molar-refractivity contribution in [3.05, 3.63) is 59.7 Å². The van der Waals surface area contributed by atoms with Gasteiger partial charge in [0, 0.05) is 6.07 Å². The normalized spacial score (nSPS) is 20.0. The molecule has 1 N–H and O–H groups in total. The van der Waals surface area contributed by atoms with Crippen LogP contribution < -0.4 is 10.2 Å². The first-order chi connectivity index (χ1) is 14.8. The van der Waals surface area contributed by atoms with Crippen LogP contribution in [0, 0.1) is 11.6 Å². The summed E-state index contributed by atoms with van der Waals surface area (Å²) in [5, 5.41) is 11.0. The minimum absolute atomic E-state index is 0.209. The molecule has 2 aromatic carbocycles. The zero-order valence-electron chi connectivity index (χ0n) is 16.8. The Morgan fingerprint density at radius 1 is 1.10 bits per heavy atom. The molecule has 2 atom stereocenters. The van der Waals surface area contributed by atoms with Gasteiger partial charge < -0.3 is 5.32 Å². The number of carbonyl (C=O) groups is 3. The van der Waals surface area contributed by atoms with Gasteiger partial charge in [0.1, 0.15) is 18.2 Å². The molecule has 1 saturated heterocycles. The molecule has 0 spiro atoms. The van der Waals surface area contributed by atoms with E-state index in [4.69, 9.17) is 0 Å². The van der Waals surface area contributed by atoms with E-state index in [9.17, 15) is 23.2 Å². The van der Waals surface area contributed by atoms with Crippen molar-refractivity contribution in [1.29, 1.82) is 0 Å². The predicted molar refractivity (Wildman–Crippen MR) is 107 cm³/mol. The molecule has 0 aromatic heterocycles. The molecule has 0 saturated carbocycles. The van der Waals surface area contributed by atoms with Gasteiger partial charge in [0.05, 0.1) is 11.4 Å². The molecule has 2 unspecified atom stereocenters. The Labute approximate surface area is 176 Å². The van der Waals surface area contributed by atoms with E-state index in [0.717, 1.165) is 27.6 Å². The fourth-order valence-corrected chi connectivity index (χ4v) is 3.54. The molecular formula is C21H19F2N5O3. The molecule has 1 fully saturated rings. The molecule has 2 heterocycles. The molecule has 10 heteroatoms. The van der Waals surface area contributed by atoms with Gasteiger partial charge >= 0.3 is 0 Å². The van der Waals surface area contributed by atoms with Gasteiger partial charge in [-0.25, -0.2) is 13.7 Å². The Balaban J connectivity index is 1.48. The summed E-state index contributed by atoms with van der Waals surface area (Å²) in [5.41, 5.74) is 1.27. The number of anilines is 2. The van der Waals surface area contributed by atoms with E-state index in [0.29, 0.717) is 17.7 Å². The molecule has 0 aliphatic carbocycles. The zero-order chi connectivity index (χ0) is 22.3. The number of nitrogens with one attached hydrogen (secondary N) is 1. The van der Waals surface area contributed by atoms with Gasteiger partial charge in [0.25, 0.3) is 11.8 Å². The lowest BCUT2D eigenvalue weighted by atomic mass is 10.0. The van der Waals surface area contributed by atoms with Crippen LogP contribution in [0.1, 0.15) is 25.3 Å². The second-order valence-electron chi connectivity index (χ2n) is 7.62. The predicted octanol–water partition coefficient (Wildman–Crippen LogP) is 3.02. The molecule has 2 aromatic rings. The Hall–Kier alpha value is -3.69. The first-order valence-corrected chi connectivity index (χ1v) is 9.66. The van der Waals surface area contributed by atoms with Crippen molar-refractivity contribution in [2.24, 2.45) is 10.3 Å². The number of amides is 3. The Kier molecular flexibility index (Phi) is 5.22. The summed E-state index contributed by atoms with van der Waals surface area (Å²) in [5.74, 6) is -3.17. The summed E-state index contributed by atoms with van der Waals surface area (Å²) in [6.07, 6.45) is 0. The zero-order valence-corrected chi connectivity index (χ0v) is 16.8. The van der Waals surface area contributed by atoms with Crippen LogP contribution in [0.15, 0.2) is 52.8 Å². The maximum absolute atomic E-state index is 13.8. The number of imide groups is 1. The van der Waals surface area contributed by atoms with Crippen LogP contribution in [0.25, 0.3) is 0 Å². The monoisotopic (exact) mass is 427 g/mol. The largest absolute Gasteiger partial charge is 0.322 e. The van der Waals surface area contributed by atoms with E-state index in [-0.39, 0.29) is 5.69 Å². The number of hydrogen-bond acceptors (Lipinski definition) is 6. The molecule has 2 aliphatic rings. The highest BCUT2D eigenvalue weighted by atomic mass is 19.1. The van der Waals surface area contributed by atoms with Crippen LogP contribution in [-0.4, -0.2) is 41.4 Å². The highest BCUT2D eigenvalue weighted by molar-refractivity contribution is 6.25. The van der Waals surface area contributed by atoms with Crippen LogP contribution >= 0.6 is 0 Å². The number of rotatable bonds is 5. The molecule has 160 valence electrons.